The van der Waals surface area contributed by atoms with Crippen molar-refractivity contribution in [3.63, 3.8) is 0 Å². The number of esters is 1. The van der Waals surface area contributed by atoms with Crippen LogP contribution in [0, 0.1) is 0 Å². The number of hydrogen-bond donors (Lipinski definition) is 3. The maximum atomic E-state index is 12.2. The fraction of sp³-hybridized carbons (Fsp3) is 0.267. The molecule has 1 aromatic heterocycles. The predicted octanol–water partition coefficient (Wildman–Crippen LogP) is 2.32. The van der Waals surface area contributed by atoms with Crippen molar-refractivity contribution in [3.8, 4) is 0 Å². The van der Waals surface area contributed by atoms with Crippen molar-refractivity contribution < 1.29 is 19.1 Å². The predicted molar refractivity (Wildman–Crippen MR) is 88.1 cm³/mol. The Labute approximate surface area is 140 Å². The normalized spacial score (nSPS) is 11.8. The summed E-state index contributed by atoms with van der Waals surface area (Å²) in [5.74, 6) is -1.33. The van der Waals surface area contributed by atoms with E-state index in [4.69, 9.17) is 4.74 Å². The molecule has 0 bridgehead atoms. The van der Waals surface area contributed by atoms with E-state index >= 15 is 0 Å². The first-order valence-corrected chi connectivity index (χ1v) is 7.78. The van der Waals surface area contributed by atoms with E-state index in [1.54, 1.807) is 13.0 Å². The fourth-order valence-corrected chi connectivity index (χ4v) is 2.32. The molecule has 0 aliphatic heterocycles. The molecule has 0 saturated carbocycles. The molecule has 0 radical (unpaired) electrons. The van der Waals surface area contributed by atoms with Crippen LogP contribution in [0.15, 0.2) is 28.9 Å². The lowest BCUT2D eigenvalue weighted by Gasteiger charge is -2.12. The third-order valence-corrected chi connectivity index (χ3v) is 3.58. The standard InChI is InChI=1S/C15H16BrN3O4/c1-3-17-15(22)19-13(20)8(2)23-14(21)11-7-18-12-5-4-9(16)6-10(11)12/h4-8,18H,3H2,1-2H3,(H2,17,19,20,22). The van der Waals surface area contributed by atoms with Crippen LogP contribution in [0.4, 0.5) is 4.79 Å². The van der Waals surface area contributed by atoms with Gasteiger partial charge in [0.2, 0.25) is 0 Å². The number of benzene rings is 1. The Balaban J connectivity index is 2.07. The Morgan fingerprint density at radius 2 is 2.09 bits per heavy atom. The van der Waals surface area contributed by atoms with Crippen molar-refractivity contribution in [3.05, 3.63) is 34.4 Å². The Morgan fingerprint density at radius 3 is 2.78 bits per heavy atom. The minimum absolute atomic E-state index is 0.318. The number of ether oxygens (including phenoxy) is 1. The van der Waals surface area contributed by atoms with Crippen molar-refractivity contribution in [1.29, 1.82) is 0 Å². The second-order valence-corrected chi connectivity index (χ2v) is 5.70. The van der Waals surface area contributed by atoms with E-state index in [0.29, 0.717) is 17.5 Å². The van der Waals surface area contributed by atoms with Crippen LogP contribution in [0.25, 0.3) is 10.9 Å². The number of H-pyrrole nitrogens is 1. The van der Waals surface area contributed by atoms with Crippen LogP contribution in [-0.2, 0) is 9.53 Å². The molecule has 0 saturated heterocycles. The Kier molecular flexibility index (Phi) is 5.38. The summed E-state index contributed by atoms with van der Waals surface area (Å²) in [6, 6.07) is 4.82. The van der Waals surface area contributed by atoms with E-state index < -0.39 is 24.0 Å². The summed E-state index contributed by atoms with van der Waals surface area (Å²) < 4.78 is 5.94. The highest BCUT2D eigenvalue weighted by Crippen LogP contribution is 2.23. The van der Waals surface area contributed by atoms with Gasteiger partial charge in [-0.1, -0.05) is 15.9 Å². The summed E-state index contributed by atoms with van der Waals surface area (Å²) in [6.07, 6.45) is 0.427. The highest BCUT2D eigenvalue weighted by atomic mass is 79.9. The number of amides is 3. The molecule has 1 unspecified atom stereocenters. The number of imide groups is 1. The molecule has 1 atom stereocenters. The van der Waals surface area contributed by atoms with Gasteiger partial charge in [-0.15, -0.1) is 0 Å². The number of aromatic amines is 1. The minimum atomic E-state index is -1.10. The van der Waals surface area contributed by atoms with Crippen molar-refractivity contribution in [2.75, 3.05) is 6.54 Å². The summed E-state index contributed by atoms with van der Waals surface area (Å²) in [6.45, 7) is 3.51. The van der Waals surface area contributed by atoms with Crippen LogP contribution < -0.4 is 10.6 Å². The minimum Gasteiger partial charge on any atom is -0.449 e. The van der Waals surface area contributed by atoms with Gasteiger partial charge in [0, 0.05) is 28.1 Å². The van der Waals surface area contributed by atoms with E-state index in [1.807, 2.05) is 12.1 Å². The number of fused-ring (bicyclic) bond motifs is 1. The molecule has 122 valence electrons. The number of nitrogens with one attached hydrogen (secondary N) is 3. The third kappa shape index (κ3) is 4.10. The van der Waals surface area contributed by atoms with Crippen LogP contribution in [0.2, 0.25) is 0 Å². The molecule has 2 rings (SSSR count). The Morgan fingerprint density at radius 1 is 1.35 bits per heavy atom. The summed E-state index contributed by atoms with van der Waals surface area (Å²) in [7, 11) is 0. The molecule has 0 aliphatic rings. The van der Waals surface area contributed by atoms with Crippen molar-refractivity contribution in [2.24, 2.45) is 0 Å². The largest absolute Gasteiger partial charge is 0.449 e. The number of halogens is 1. The first-order valence-electron chi connectivity index (χ1n) is 6.98. The lowest BCUT2D eigenvalue weighted by atomic mass is 10.2. The molecule has 2 aromatic rings. The number of rotatable bonds is 4. The van der Waals surface area contributed by atoms with Gasteiger partial charge in [-0.05, 0) is 32.0 Å². The Bertz CT molecular complexity index is 756. The molecular formula is C15H16BrN3O4. The lowest BCUT2D eigenvalue weighted by Crippen LogP contribution is -2.44. The quantitative estimate of drug-likeness (QED) is 0.707. The molecule has 3 amide bonds. The lowest BCUT2D eigenvalue weighted by molar-refractivity contribution is -0.127. The number of hydrogen-bond acceptors (Lipinski definition) is 4. The molecule has 7 nitrogen and oxygen atoms in total. The molecule has 0 fully saturated rings. The zero-order valence-electron chi connectivity index (χ0n) is 12.6. The average molecular weight is 382 g/mol. The van der Waals surface area contributed by atoms with Gasteiger partial charge in [-0.25, -0.2) is 9.59 Å². The van der Waals surface area contributed by atoms with Crippen LogP contribution in [-0.4, -0.2) is 35.5 Å². The van der Waals surface area contributed by atoms with Crippen LogP contribution in [0.5, 0.6) is 0 Å². The maximum absolute atomic E-state index is 12.2. The van der Waals surface area contributed by atoms with E-state index in [9.17, 15) is 14.4 Å². The van der Waals surface area contributed by atoms with Crippen molar-refractivity contribution in [1.82, 2.24) is 15.6 Å². The summed E-state index contributed by atoms with van der Waals surface area (Å²) in [4.78, 5) is 38.3. The smallest absolute Gasteiger partial charge is 0.341 e. The van der Waals surface area contributed by atoms with Gasteiger partial charge in [0.25, 0.3) is 5.91 Å². The Hall–Kier alpha value is -2.35. The van der Waals surface area contributed by atoms with Crippen molar-refractivity contribution >= 4 is 44.7 Å². The SMILES string of the molecule is CCNC(=O)NC(=O)C(C)OC(=O)c1c[nH]c2ccc(Br)cc12. The number of urea groups is 1. The first kappa shape index (κ1) is 17.0. The van der Waals surface area contributed by atoms with Gasteiger partial charge in [0.05, 0.1) is 5.56 Å². The molecule has 1 heterocycles. The highest BCUT2D eigenvalue weighted by molar-refractivity contribution is 9.10. The number of carbonyl (C=O) groups excluding carboxylic acids is 3. The van der Waals surface area contributed by atoms with Gasteiger partial charge in [0.1, 0.15) is 0 Å². The average Bonchev–Trinajstić information content (AvgIpc) is 2.90. The molecule has 8 heteroatoms. The monoisotopic (exact) mass is 381 g/mol. The van der Waals surface area contributed by atoms with Gasteiger partial charge in [-0.3, -0.25) is 10.1 Å². The van der Waals surface area contributed by atoms with E-state index in [-0.39, 0.29) is 0 Å². The second-order valence-electron chi connectivity index (χ2n) is 4.79. The number of aromatic nitrogens is 1. The molecule has 3 N–H and O–H groups in total. The third-order valence-electron chi connectivity index (χ3n) is 3.09. The van der Waals surface area contributed by atoms with E-state index in [1.165, 1.54) is 13.1 Å². The molecule has 0 aliphatic carbocycles. The fourth-order valence-electron chi connectivity index (χ4n) is 1.96. The summed E-state index contributed by atoms with van der Waals surface area (Å²) in [5, 5.41) is 5.20. The second kappa shape index (κ2) is 7.28. The summed E-state index contributed by atoms with van der Waals surface area (Å²) >= 11 is 3.34. The van der Waals surface area contributed by atoms with Crippen LogP contribution >= 0.6 is 15.9 Å². The molecule has 23 heavy (non-hydrogen) atoms. The first-order chi connectivity index (χ1) is 10.9. The number of carbonyl (C=O) groups is 3. The van der Waals surface area contributed by atoms with Crippen LogP contribution in [0.1, 0.15) is 24.2 Å². The summed E-state index contributed by atoms with van der Waals surface area (Å²) in [5.41, 5.74) is 1.10. The zero-order chi connectivity index (χ0) is 17.0. The van der Waals surface area contributed by atoms with Gasteiger partial charge in [-0.2, -0.15) is 0 Å². The van der Waals surface area contributed by atoms with Gasteiger partial charge in [0.15, 0.2) is 6.10 Å². The zero-order valence-corrected chi connectivity index (χ0v) is 14.2. The molecular weight excluding hydrogens is 366 g/mol. The maximum Gasteiger partial charge on any atom is 0.341 e. The molecule has 0 spiro atoms. The van der Waals surface area contributed by atoms with Gasteiger partial charge >= 0.3 is 12.0 Å². The highest BCUT2D eigenvalue weighted by Gasteiger charge is 2.22. The van der Waals surface area contributed by atoms with Crippen molar-refractivity contribution in [2.45, 2.75) is 20.0 Å². The van der Waals surface area contributed by atoms with E-state index in [0.717, 1.165) is 9.99 Å². The van der Waals surface area contributed by atoms with Crippen LogP contribution in [0.3, 0.4) is 0 Å². The molecule has 1 aromatic carbocycles. The van der Waals surface area contributed by atoms with E-state index in [2.05, 4.69) is 31.5 Å². The topological polar surface area (TPSA) is 100 Å². The van der Waals surface area contributed by atoms with Gasteiger partial charge < -0.3 is 15.0 Å².